The number of halogens is 1. The molecule has 1 N–H and O–H groups in total. The third-order valence-electron chi connectivity index (χ3n) is 3.40. The molecule has 0 heterocycles. The summed E-state index contributed by atoms with van der Waals surface area (Å²) in [5.41, 5.74) is 2.28. The second-order valence-corrected chi connectivity index (χ2v) is 4.97. The first kappa shape index (κ1) is 17.5. The minimum atomic E-state index is -1.11. The maximum Gasteiger partial charge on any atom is 0.273 e. The van der Waals surface area contributed by atoms with Gasteiger partial charge in [0.15, 0.2) is 5.71 Å². The zero-order valence-electron chi connectivity index (χ0n) is 13.6. The topological polar surface area (TPSA) is 59.9 Å². The Bertz CT molecular complexity index is 732. The summed E-state index contributed by atoms with van der Waals surface area (Å²) in [7, 11) is 1.47. The fourth-order valence-electron chi connectivity index (χ4n) is 2.17. The van der Waals surface area contributed by atoms with Gasteiger partial charge in [-0.15, -0.1) is 0 Å². The number of nitrogens with zero attached hydrogens (tertiary/aromatic N) is 1. The predicted octanol–water partition coefficient (Wildman–Crippen LogP) is 2.97. The fraction of sp³-hybridized carbons (Fsp3) is 0.222. The molecule has 0 saturated carbocycles. The lowest BCUT2D eigenvalue weighted by Crippen LogP contribution is -2.29. The first-order chi connectivity index (χ1) is 11.7. The lowest BCUT2D eigenvalue weighted by atomic mass is 10.0. The molecule has 1 amide bonds. The average molecular weight is 330 g/mol. The summed E-state index contributed by atoms with van der Waals surface area (Å²) in [6, 6.07) is 14.8. The molecule has 6 heteroatoms. The van der Waals surface area contributed by atoms with Crippen molar-refractivity contribution in [2.75, 3.05) is 13.9 Å². The Balaban J connectivity index is 2.28. The lowest BCUT2D eigenvalue weighted by Gasteiger charge is -2.13. The minimum absolute atomic E-state index is 0.000802. The van der Waals surface area contributed by atoms with E-state index in [1.54, 1.807) is 12.1 Å². The molecule has 24 heavy (non-hydrogen) atoms. The van der Waals surface area contributed by atoms with Crippen molar-refractivity contribution in [1.82, 2.24) is 5.32 Å². The van der Waals surface area contributed by atoms with Gasteiger partial charge in [0, 0.05) is 12.6 Å². The van der Waals surface area contributed by atoms with E-state index in [9.17, 15) is 9.18 Å². The first-order valence-corrected chi connectivity index (χ1v) is 7.42. The number of alkyl halides is 1. The fourth-order valence-corrected chi connectivity index (χ4v) is 2.17. The number of carbonyl (C=O) groups is 1. The van der Waals surface area contributed by atoms with E-state index in [0.29, 0.717) is 5.56 Å². The summed E-state index contributed by atoms with van der Waals surface area (Å²) in [6.07, 6.45) is 0. The number of hydrogen-bond acceptors (Lipinski definition) is 4. The van der Waals surface area contributed by atoms with E-state index in [4.69, 9.17) is 4.74 Å². The highest BCUT2D eigenvalue weighted by Crippen LogP contribution is 2.19. The molecular weight excluding hydrogens is 311 g/mol. The highest BCUT2D eigenvalue weighted by atomic mass is 19.1. The molecule has 2 rings (SSSR count). The molecule has 0 bridgehead atoms. The number of ether oxygens (including phenoxy) is 1. The second-order valence-electron chi connectivity index (χ2n) is 4.97. The maximum absolute atomic E-state index is 12.3. The molecule has 5 nitrogen and oxygen atoms in total. The quantitative estimate of drug-likeness (QED) is 0.627. The highest BCUT2D eigenvalue weighted by molar-refractivity contribution is 6.45. The van der Waals surface area contributed by atoms with Gasteiger partial charge in [-0.05, 0) is 24.1 Å². The van der Waals surface area contributed by atoms with Crippen LogP contribution >= 0.6 is 0 Å². The van der Waals surface area contributed by atoms with E-state index < -0.39 is 12.8 Å². The highest BCUT2D eigenvalue weighted by Gasteiger charge is 2.17. The van der Waals surface area contributed by atoms with E-state index in [2.05, 4.69) is 15.3 Å². The number of nitrogens with one attached hydrogen (secondary N) is 1. The zero-order chi connectivity index (χ0) is 17.4. The Kier molecular flexibility index (Phi) is 6.31. The maximum atomic E-state index is 12.3. The third kappa shape index (κ3) is 4.32. The van der Waals surface area contributed by atoms with Crippen LogP contribution in [0.15, 0.2) is 53.7 Å². The van der Waals surface area contributed by atoms with Gasteiger partial charge in [-0.25, -0.2) is 4.39 Å². The molecule has 0 aliphatic rings. The standard InChI is InChI=1S/C18H19FN2O3/c1-13-7-3-6-10-16(13)23-11-14-8-4-5-9-15(14)17(18(22)20-2)21-24-12-19/h3-10H,11-12H2,1-2H3,(H,20,22). The summed E-state index contributed by atoms with van der Waals surface area (Å²) < 4.78 is 18.1. The van der Waals surface area contributed by atoms with Gasteiger partial charge in [-0.2, -0.15) is 0 Å². The van der Waals surface area contributed by atoms with Crippen molar-refractivity contribution in [2.24, 2.45) is 5.16 Å². The largest absolute Gasteiger partial charge is 0.489 e. The van der Waals surface area contributed by atoms with Gasteiger partial charge in [0.05, 0.1) is 0 Å². The van der Waals surface area contributed by atoms with Gasteiger partial charge in [-0.1, -0.05) is 47.6 Å². The van der Waals surface area contributed by atoms with E-state index >= 15 is 0 Å². The van der Waals surface area contributed by atoms with Gasteiger partial charge >= 0.3 is 0 Å². The predicted molar refractivity (Wildman–Crippen MR) is 89.6 cm³/mol. The Morgan fingerprint density at radius 2 is 1.88 bits per heavy atom. The molecule has 2 aromatic carbocycles. The number of aryl methyl sites for hydroxylation is 1. The molecule has 0 fully saturated rings. The normalized spacial score (nSPS) is 11.0. The molecule has 0 saturated heterocycles. The average Bonchev–Trinajstić information content (AvgIpc) is 2.62. The molecule has 126 valence electrons. The molecular formula is C18H19FN2O3. The number of hydrogen-bond donors (Lipinski definition) is 1. The van der Waals surface area contributed by atoms with Crippen LogP contribution in [-0.2, 0) is 16.2 Å². The van der Waals surface area contributed by atoms with Crippen molar-refractivity contribution < 1.29 is 18.8 Å². The summed E-state index contributed by atoms with van der Waals surface area (Å²) in [5, 5.41) is 6.06. The van der Waals surface area contributed by atoms with Crippen molar-refractivity contribution in [3.05, 3.63) is 65.2 Å². The van der Waals surface area contributed by atoms with Crippen LogP contribution in [0.1, 0.15) is 16.7 Å². The number of para-hydroxylation sites is 1. The van der Waals surface area contributed by atoms with Gasteiger partial charge in [-0.3, -0.25) is 4.79 Å². The van der Waals surface area contributed by atoms with Crippen molar-refractivity contribution in [3.63, 3.8) is 0 Å². The Morgan fingerprint density at radius 1 is 1.17 bits per heavy atom. The van der Waals surface area contributed by atoms with Crippen LogP contribution in [-0.4, -0.2) is 25.5 Å². The summed E-state index contributed by atoms with van der Waals surface area (Å²) in [5.74, 6) is 0.289. The Labute approximate surface area is 140 Å². The van der Waals surface area contributed by atoms with E-state index in [0.717, 1.165) is 16.9 Å². The number of carbonyl (C=O) groups excluding carboxylic acids is 1. The van der Waals surface area contributed by atoms with Gasteiger partial charge < -0.3 is 14.9 Å². The third-order valence-corrected chi connectivity index (χ3v) is 3.40. The molecule has 0 spiro atoms. The van der Waals surface area contributed by atoms with E-state index in [-0.39, 0.29) is 12.3 Å². The number of benzene rings is 2. The molecule has 0 atom stereocenters. The smallest absolute Gasteiger partial charge is 0.273 e. The molecule has 0 aliphatic carbocycles. The van der Waals surface area contributed by atoms with Gasteiger partial charge in [0.2, 0.25) is 0 Å². The molecule has 0 unspecified atom stereocenters. The monoisotopic (exact) mass is 330 g/mol. The molecule has 0 radical (unpaired) electrons. The number of rotatable bonds is 7. The molecule has 0 aromatic heterocycles. The lowest BCUT2D eigenvalue weighted by molar-refractivity contribution is -0.114. The number of oxime groups is 1. The van der Waals surface area contributed by atoms with Crippen LogP contribution in [0.25, 0.3) is 0 Å². The van der Waals surface area contributed by atoms with Crippen LogP contribution in [0.2, 0.25) is 0 Å². The van der Waals surface area contributed by atoms with Gasteiger partial charge in [0.1, 0.15) is 12.4 Å². The van der Waals surface area contributed by atoms with Crippen LogP contribution < -0.4 is 10.1 Å². The molecule has 0 aliphatic heterocycles. The van der Waals surface area contributed by atoms with Crippen LogP contribution in [0.5, 0.6) is 5.75 Å². The summed E-state index contributed by atoms with van der Waals surface area (Å²) >= 11 is 0. The van der Waals surface area contributed by atoms with Crippen LogP contribution in [0, 0.1) is 6.92 Å². The summed E-state index contributed by atoms with van der Waals surface area (Å²) in [6.45, 7) is 1.09. The Morgan fingerprint density at radius 3 is 2.58 bits per heavy atom. The number of amides is 1. The SMILES string of the molecule is CNC(=O)C(=NOCF)c1ccccc1COc1ccccc1C. The zero-order valence-corrected chi connectivity index (χ0v) is 13.6. The van der Waals surface area contributed by atoms with E-state index in [1.807, 2.05) is 43.3 Å². The minimum Gasteiger partial charge on any atom is -0.489 e. The first-order valence-electron chi connectivity index (χ1n) is 7.42. The van der Waals surface area contributed by atoms with Crippen LogP contribution in [0.3, 0.4) is 0 Å². The summed E-state index contributed by atoms with van der Waals surface area (Å²) in [4.78, 5) is 16.4. The van der Waals surface area contributed by atoms with E-state index in [1.165, 1.54) is 7.05 Å². The van der Waals surface area contributed by atoms with Crippen LogP contribution in [0.4, 0.5) is 4.39 Å². The van der Waals surface area contributed by atoms with Crippen molar-refractivity contribution in [1.29, 1.82) is 0 Å². The van der Waals surface area contributed by atoms with Crippen molar-refractivity contribution >= 4 is 11.6 Å². The van der Waals surface area contributed by atoms with Crippen molar-refractivity contribution in [2.45, 2.75) is 13.5 Å². The second kappa shape index (κ2) is 8.67. The van der Waals surface area contributed by atoms with Crippen molar-refractivity contribution in [3.8, 4) is 5.75 Å². The Hall–Kier alpha value is -2.89. The number of likely N-dealkylation sites (N-methyl/N-ethyl adjacent to an activating group) is 1. The van der Waals surface area contributed by atoms with Gasteiger partial charge in [0.25, 0.3) is 12.8 Å². The molecule has 2 aromatic rings.